The molecule has 2 rings (SSSR count). The second kappa shape index (κ2) is 4.31. The summed E-state index contributed by atoms with van der Waals surface area (Å²) in [5.74, 6) is 0.398. The van der Waals surface area contributed by atoms with Gasteiger partial charge in [0.15, 0.2) is 5.82 Å². The zero-order valence-electron chi connectivity index (χ0n) is 8.65. The average Bonchev–Trinajstić information content (AvgIpc) is 2.67. The van der Waals surface area contributed by atoms with Gasteiger partial charge in [-0.05, 0) is 6.92 Å². The van der Waals surface area contributed by atoms with Crippen molar-refractivity contribution < 1.29 is 0 Å². The van der Waals surface area contributed by atoms with Gasteiger partial charge in [-0.3, -0.25) is 4.79 Å². The first-order valence-corrected chi connectivity index (χ1v) is 5.47. The van der Waals surface area contributed by atoms with Crippen LogP contribution in [-0.2, 0) is 6.54 Å². The van der Waals surface area contributed by atoms with E-state index in [0.29, 0.717) is 12.4 Å². The summed E-state index contributed by atoms with van der Waals surface area (Å²) >= 11 is 1.59. The summed E-state index contributed by atoms with van der Waals surface area (Å²) in [5.41, 5.74) is 5.34. The molecular weight excluding hydrogens is 226 g/mol. The molecule has 0 aromatic carbocycles. The Morgan fingerprint density at radius 3 is 3.06 bits per heavy atom. The Bertz CT molecular complexity index is 547. The van der Waals surface area contributed by atoms with Crippen LogP contribution in [0.3, 0.4) is 0 Å². The van der Waals surface area contributed by atoms with Gasteiger partial charge in [0.25, 0.3) is 5.56 Å². The van der Waals surface area contributed by atoms with Crippen molar-refractivity contribution in [1.82, 2.24) is 15.0 Å². The summed E-state index contributed by atoms with van der Waals surface area (Å²) in [6.45, 7) is 2.50. The van der Waals surface area contributed by atoms with E-state index < -0.39 is 0 Å². The maximum atomic E-state index is 11.2. The van der Waals surface area contributed by atoms with Gasteiger partial charge in [0.2, 0.25) is 0 Å². The number of hydrogen-bond donors (Lipinski definition) is 3. The molecule has 16 heavy (non-hydrogen) atoms. The van der Waals surface area contributed by atoms with E-state index in [4.69, 9.17) is 5.73 Å². The number of thiazole rings is 1. The van der Waals surface area contributed by atoms with Crippen molar-refractivity contribution in [3.05, 3.63) is 32.8 Å². The van der Waals surface area contributed by atoms with E-state index >= 15 is 0 Å². The predicted octanol–water partition coefficient (Wildman–Crippen LogP) is 0.729. The van der Waals surface area contributed by atoms with E-state index in [1.807, 2.05) is 6.92 Å². The van der Waals surface area contributed by atoms with E-state index in [9.17, 15) is 4.79 Å². The summed E-state index contributed by atoms with van der Waals surface area (Å²) in [5, 5.41) is 4.00. The van der Waals surface area contributed by atoms with Gasteiger partial charge in [0, 0.05) is 11.1 Å². The predicted molar refractivity (Wildman–Crippen MR) is 63.4 cm³/mol. The third kappa shape index (κ3) is 2.19. The molecule has 0 amide bonds. The third-order valence-electron chi connectivity index (χ3n) is 1.99. The molecular formula is C9H11N5OS. The third-order valence-corrected chi connectivity index (χ3v) is 2.90. The van der Waals surface area contributed by atoms with Gasteiger partial charge < -0.3 is 16.0 Å². The van der Waals surface area contributed by atoms with Crippen LogP contribution >= 0.6 is 11.3 Å². The molecule has 0 spiro atoms. The molecule has 0 bridgehead atoms. The van der Waals surface area contributed by atoms with Crippen LogP contribution in [0.2, 0.25) is 0 Å². The zero-order valence-corrected chi connectivity index (χ0v) is 9.47. The number of anilines is 2. The second-order valence-corrected chi connectivity index (χ2v) is 4.51. The highest BCUT2D eigenvalue weighted by Gasteiger charge is 2.04. The average molecular weight is 237 g/mol. The number of H-pyrrole nitrogens is 1. The topological polar surface area (TPSA) is 96.7 Å². The van der Waals surface area contributed by atoms with Crippen molar-refractivity contribution in [1.29, 1.82) is 0 Å². The molecule has 0 fully saturated rings. The molecule has 2 aromatic rings. The van der Waals surface area contributed by atoms with Crippen LogP contribution in [0.4, 0.5) is 11.5 Å². The van der Waals surface area contributed by atoms with Crippen molar-refractivity contribution in [2.75, 3.05) is 11.1 Å². The van der Waals surface area contributed by atoms with Crippen molar-refractivity contribution in [3.63, 3.8) is 0 Å². The van der Waals surface area contributed by atoms with Gasteiger partial charge in [-0.2, -0.15) is 0 Å². The largest absolute Gasteiger partial charge is 0.391 e. The van der Waals surface area contributed by atoms with Gasteiger partial charge in [-0.25, -0.2) is 9.97 Å². The highest BCUT2D eigenvalue weighted by molar-refractivity contribution is 7.11. The Kier molecular flexibility index (Phi) is 2.86. The molecule has 0 unspecified atom stereocenters. The fraction of sp³-hybridized carbons (Fsp3) is 0.222. The summed E-state index contributed by atoms with van der Waals surface area (Å²) in [6.07, 6.45) is 3.11. The molecule has 0 saturated heterocycles. The number of nitrogens with zero attached hydrogens (tertiary/aromatic N) is 2. The molecule has 0 atom stereocenters. The number of aryl methyl sites for hydroxylation is 1. The Morgan fingerprint density at radius 2 is 2.38 bits per heavy atom. The molecule has 2 heterocycles. The van der Waals surface area contributed by atoms with Crippen molar-refractivity contribution in [2.24, 2.45) is 0 Å². The first kappa shape index (κ1) is 10.6. The maximum absolute atomic E-state index is 11.2. The number of aromatic nitrogens is 3. The Balaban J connectivity index is 2.10. The SMILES string of the molecule is Cc1ncc(CNc2nc[nH]c(=O)c2N)s1. The zero-order chi connectivity index (χ0) is 11.5. The lowest BCUT2D eigenvalue weighted by molar-refractivity contribution is 1.07. The minimum Gasteiger partial charge on any atom is -0.391 e. The summed E-state index contributed by atoms with van der Waals surface area (Å²) in [7, 11) is 0. The smallest absolute Gasteiger partial charge is 0.276 e. The number of nitrogens with two attached hydrogens (primary N) is 1. The van der Waals surface area contributed by atoms with Gasteiger partial charge in [-0.1, -0.05) is 0 Å². The van der Waals surface area contributed by atoms with Crippen LogP contribution < -0.4 is 16.6 Å². The Morgan fingerprint density at radius 1 is 1.56 bits per heavy atom. The number of nitrogen functional groups attached to an aromatic ring is 1. The fourth-order valence-electron chi connectivity index (χ4n) is 1.21. The lowest BCUT2D eigenvalue weighted by Gasteiger charge is -2.04. The highest BCUT2D eigenvalue weighted by atomic mass is 32.1. The molecule has 0 aliphatic carbocycles. The molecule has 84 valence electrons. The van der Waals surface area contributed by atoms with Crippen LogP contribution in [0.1, 0.15) is 9.88 Å². The van der Waals surface area contributed by atoms with Crippen molar-refractivity contribution >= 4 is 22.8 Å². The Labute approximate surface area is 95.6 Å². The van der Waals surface area contributed by atoms with Crippen LogP contribution in [0.15, 0.2) is 17.3 Å². The molecule has 2 aromatic heterocycles. The summed E-state index contributed by atoms with van der Waals surface area (Å²) < 4.78 is 0. The summed E-state index contributed by atoms with van der Waals surface area (Å²) in [6, 6.07) is 0. The lowest BCUT2D eigenvalue weighted by atomic mass is 10.4. The Hall–Kier alpha value is -1.89. The monoisotopic (exact) mass is 237 g/mol. The molecule has 0 saturated carbocycles. The number of rotatable bonds is 3. The molecule has 7 heteroatoms. The number of aromatic amines is 1. The van der Waals surface area contributed by atoms with Gasteiger partial charge in [0.05, 0.1) is 17.9 Å². The van der Waals surface area contributed by atoms with Crippen molar-refractivity contribution in [3.8, 4) is 0 Å². The maximum Gasteiger partial charge on any atom is 0.276 e. The van der Waals surface area contributed by atoms with E-state index in [1.54, 1.807) is 17.5 Å². The van der Waals surface area contributed by atoms with E-state index in [-0.39, 0.29) is 11.2 Å². The first-order valence-electron chi connectivity index (χ1n) is 4.65. The summed E-state index contributed by atoms with van der Waals surface area (Å²) in [4.78, 5) is 22.7. The van der Waals surface area contributed by atoms with Crippen LogP contribution in [0.5, 0.6) is 0 Å². The molecule has 4 N–H and O–H groups in total. The van der Waals surface area contributed by atoms with Gasteiger partial charge in [-0.15, -0.1) is 11.3 Å². The van der Waals surface area contributed by atoms with Crippen LogP contribution in [-0.4, -0.2) is 15.0 Å². The van der Waals surface area contributed by atoms with Crippen molar-refractivity contribution in [2.45, 2.75) is 13.5 Å². The molecule has 0 aliphatic heterocycles. The molecule has 0 aliphatic rings. The number of hydrogen-bond acceptors (Lipinski definition) is 6. The fourth-order valence-corrected chi connectivity index (χ4v) is 1.94. The number of nitrogens with one attached hydrogen (secondary N) is 2. The normalized spacial score (nSPS) is 10.3. The van der Waals surface area contributed by atoms with Crippen LogP contribution in [0, 0.1) is 6.92 Å². The van der Waals surface area contributed by atoms with Gasteiger partial charge >= 0.3 is 0 Å². The minimum absolute atomic E-state index is 0.101. The minimum atomic E-state index is -0.335. The second-order valence-electron chi connectivity index (χ2n) is 3.19. The van der Waals surface area contributed by atoms with E-state index in [2.05, 4.69) is 20.3 Å². The molecule has 0 radical (unpaired) electrons. The highest BCUT2D eigenvalue weighted by Crippen LogP contribution is 2.14. The van der Waals surface area contributed by atoms with Gasteiger partial charge in [0.1, 0.15) is 5.69 Å². The molecule has 6 nitrogen and oxygen atoms in total. The van der Waals surface area contributed by atoms with E-state index in [0.717, 1.165) is 9.88 Å². The quantitative estimate of drug-likeness (QED) is 0.731. The van der Waals surface area contributed by atoms with E-state index in [1.165, 1.54) is 6.33 Å². The standard InChI is InChI=1S/C9H11N5OS/c1-5-11-2-6(16-5)3-12-8-7(10)9(15)14-4-13-8/h2,4H,3,10H2,1H3,(H2,12,13,14,15). The lowest BCUT2D eigenvalue weighted by Crippen LogP contribution is -2.15. The first-order chi connectivity index (χ1) is 7.66. The van der Waals surface area contributed by atoms with Crippen LogP contribution in [0.25, 0.3) is 0 Å².